The molecule has 0 fully saturated rings. The Hall–Kier alpha value is -3.31. The van der Waals surface area contributed by atoms with Crippen LogP contribution in [0.15, 0.2) is 65.7 Å². The van der Waals surface area contributed by atoms with Gasteiger partial charge in [-0.05, 0) is 67.4 Å². The topological polar surface area (TPSA) is 68.1 Å². The van der Waals surface area contributed by atoms with Crippen LogP contribution in [0.5, 0.6) is 17.2 Å². The standard InChI is InChI=1S/C33H40ClNO4/c1-3-4-5-6-7-8-9-10-11-12-22-38-29-19-16-26(32(36)23-29)24-35-31-15-13-14-30(25(31)2)33(37)39-28-20-17-27(34)18-21-28/h13-21,23-24,36H,3-12,22H2,1-2H3. The number of benzene rings is 3. The zero-order valence-corrected chi connectivity index (χ0v) is 23.9. The maximum absolute atomic E-state index is 12.7. The van der Waals surface area contributed by atoms with E-state index in [1.54, 1.807) is 54.7 Å². The Kier molecular flexibility index (Phi) is 12.9. The van der Waals surface area contributed by atoms with E-state index < -0.39 is 5.97 Å². The van der Waals surface area contributed by atoms with Gasteiger partial charge >= 0.3 is 5.97 Å². The second-order valence-corrected chi connectivity index (χ2v) is 10.2. The number of hydrogen-bond donors (Lipinski definition) is 1. The molecule has 39 heavy (non-hydrogen) atoms. The lowest BCUT2D eigenvalue weighted by atomic mass is 10.1. The molecule has 5 nitrogen and oxygen atoms in total. The summed E-state index contributed by atoms with van der Waals surface area (Å²) in [6.45, 7) is 4.71. The van der Waals surface area contributed by atoms with Crippen molar-refractivity contribution in [3.05, 3.63) is 82.4 Å². The van der Waals surface area contributed by atoms with Gasteiger partial charge in [-0.3, -0.25) is 4.99 Å². The molecule has 0 spiro atoms. The van der Waals surface area contributed by atoms with Crippen LogP contribution in [0, 0.1) is 6.92 Å². The summed E-state index contributed by atoms with van der Waals surface area (Å²) < 4.78 is 11.3. The van der Waals surface area contributed by atoms with Crippen molar-refractivity contribution >= 4 is 29.5 Å². The molecule has 0 saturated heterocycles. The van der Waals surface area contributed by atoms with Gasteiger partial charge in [-0.25, -0.2) is 4.79 Å². The van der Waals surface area contributed by atoms with Crippen LogP contribution in [0.1, 0.15) is 92.6 Å². The van der Waals surface area contributed by atoms with Gasteiger partial charge in [0.1, 0.15) is 17.2 Å². The highest BCUT2D eigenvalue weighted by molar-refractivity contribution is 6.30. The Morgan fingerprint density at radius 2 is 1.51 bits per heavy atom. The van der Waals surface area contributed by atoms with Crippen molar-refractivity contribution in [3.63, 3.8) is 0 Å². The lowest BCUT2D eigenvalue weighted by Crippen LogP contribution is -2.10. The molecule has 0 aromatic heterocycles. The first kappa shape index (κ1) is 30.2. The number of hydrogen-bond acceptors (Lipinski definition) is 5. The van der Waals surface area contributed by atoms with Crippen LogP contribution >= 0.6 is 11.6 Å². The summed E-state index contributed by atoms with van der Waals surface area (Å²) in [6.07, 6.45) is 14.4. The van der Waals surface area contributed by atoms with Gasteiger partial charge in [-0.2, -0.15) is 0 Å². The van der Waals surface area contributed by atoms with Gasteiger partial charge in [0.05, 0.1) is 17.9 Å². The zero-order valence-electron chi connectivity index (χ0n) is 23.1. The third kappa shape index (κ3) is 10.4. The van der Waals surface area contributed by atoms with E-state index in [0.717, 1.165) is 12.8 Å². The van der Waals surface area contributed by atoms with E-state index in [2.05, 4.69) is 11.9 Å². The van der Waals surface area contributed by atoms with Gasteiger partial charge in [0.15, 0.2) is 0 Å². The van der Waals surface area contributed by atoms with Gasteiger partial charge in [0, 0.05) is 22.9 Å². The van der Waals surface area contributed by atoms with Crippen LogP contribution in [-0.4, -0.2) is 23.9 Å². The van der Waals surface area contributed by atoms with Gasteiger partial charge in [0.25, 0.3) is 0 Å². The third-order valence-corrected chi connectivity index (χ3v) is 6.91. The first-order valence-corrected chi connectivity index (χ1v) is 14.4. The van der Waals surface area contributed by atoms with Crippen LogP contribution in [-0.2, 0) is 0 Å². The number of aromatic hydroxyl groups is 1. The van der Waals surface area contributed by atoms with Crippen molar-refractivity contribution in [1.29, 1.82) is 0 Å². The second kappa shape index (κ2) is 16.6. The first-order chi connectivity index (χ1) is 19.0. The number of rotatable bonds is 16. The highest BCUT2D eigenvalue weighted by Crippen LogP contribution is 2.27. The summed E-state index contributed by atoms with van der Waals surface area (Å²) in [5.41, 5.74) is 2.28. The molecule has 0 atom stereocenters. The third-order valence-electron chi connectivity index (χ3n) is 6.66. The second-order valence-electron chi connectivity index (χ2n) is 9.80. The predicted octanol–water partition coefficient (Wildman–Crippen LogP) is 9.62. The fourth-order valence-corrected chi connectivity index (χ4v) is 4.42. The summed E-state index contributed by atoms with van der Waals surface area (Å²) in [5, 5.41) is 11.1. The minimum absolute atomic E-state index is 0.0929. The molecule has 0 amide bonds. The molecule has 0 radical (unpaired) electrons. The van der Waals surface area contributed by atoms with Crippen molar-refractivity contribution in [2.45, 2.75) is 78.1 Å². The minimum atomic E-state index is -0.473. The Labute approximate surface area is 237 Å². The number of esters is 1. The number of phenols is 1. The van der Waals surface area contributed by atoms with E-state index in [4.69, 9.17) is 21.1 Å². The molecule has 3 aromatic carbocycles. The fraction of sp³-hybridized carbons (Fsp3) is 0.394. The van der Waals surface area contributed by atoms with Crippen molar-refractivity contribution < 1.29 is 19.4 Å². The largest absolute Gasteiger partial charge is 0.507 e. The lowest BCUT2D eigenvalue weighted by Gasteiger charge is -2.09. The molecular formula is C33H40ClNO4. The summed E-state index contributed by atoms with van der Waals surface area (Å²) in [7, 11) is 0. The molecule has 208 valence electrons. The molecule has 6 heteroatoms. The Bertz CT molecular complexity index is 1210. The lowest BCUT2D eigenvalue weighted by molar-refractivity contribution is 0.0734. The molecule has 0 bridgehead atoms. The smallest absolute Gasteiger partial charge is 0.343 e. The highest BCUT2D eigenvalue weighted by Gasteiger charge is 2.14. The number of phenolic OH excluding ortho intramolecular Hbond substituents is 1. The number of unbranched alkanes of at least 4 members (excludes halogenated alkanes) is 9. The van der Waals surface area contributed by atoms with E-state index in [1.807, 2.05) is 19.1 Å². The van der Waals surface area contributed by atoms with E-state index in [0.29, 0.717) is 45.5 Å². The average molecular weight is 550 g/mol. The van der Waals surface area contributed by atoms with E-state index >= 15 is 0 Å². The van der Waals surface area contributed by atoms with E-state index in [9.17, 15) is 9.90 Å². The van der Waals surface area contributed by atoms with Crippen molar-refractivity contribution in [2.24, 2.45) is 4.99 Å². The maximum atomic E-state index is 12.7. The molecule has 0 aliphatic heterocycles. The predicted molar refractivity (Wildman–Crippen MR) is 160 cm³/mol. The molecule has 3 rings (SSSR count). The van der Waals surface area contributed by atoms with E-state index in [1.165, 1.54) is 51.4 Å². The maximum Gasteiger partial charge on any atom is 0.343 e. The number of aliphatic imine (C=N–C) groups is 1. The number of nitrogens with zero attached hydrogens (tertiary/aromatic N) is 1. The summed E-state index contributed by atoms with van der Waals surface area (Å²) in [4.78, 5) is 17.2. The Balaban J connectivity index is 1.46. The monoisotopic (exact) mass is 549 g/mol. The van der Waals surface area contributed by atoms with Crippen molar-refractivity contribution in [1.82, 2.24) is 0 Å². The van der Waals surface area contributed by atoms with Crippen molar-refractivity contribution in [2.75, 3.05) is 6.61 Å². The number of ether oxygens (including phenoxy) is 2. The Morgan fingerprint density at radius 1 is 0.872 bits per heavy atom. The SMILES string of the molecule is CCCCCCCCCCCCOc1ccc(C=Nc2cccc(C(=O)Oc3ccc(Cl)cc3)c2C)c(O)c1. The van der Waals surface area contributed by atoms with Crippen LogP contribution in [0.25, 0.3) is 0 Å². The number of halogens is 1. The normalized spacial score (nSPS) is 11.2. The minimum Gasteiger partial charge on any atom is -0.507 e. The molecule has 0 saturated carbocycles. The molecule has 0 heterocycles. The van der Waals surface area contributed by atoms with E-state index in [-0.39, 0.29) is 5.75 Å². The van der Waals surface area contributed by atoms with Gasteiger partial charge in [-0.1, -0.05) is 82.4 Å². The molecule has 0 unspecified atom stereocenters. The Morgan fingerprint density at radius 3 is 2.18 bits per heavy atom. The van der Waals surface area contributed by atoms with Gasteiger partial charge in [-0.15, -0.1) is 0 Å². The molecule has 1 N–H and O–H groups in total. The number of carbonyl (C=O) groups is 1. The average Bonchev–Trinajstić information content (AvgIpc) is 2.93. The van der Waals surface area contributed by atoms with Crippen LogP contribution in [0.4, 0.5) is 5.69 Å². The van der Waals surface area contributed by atoms with Gasteiger partial charge in [0.2, 0.25) is 0 Å². The van der Waals surface area contributed by atoms with Crippen LogP contribution < -0.4 is 9.47 Å². The molecule has 0 aliphatic carbocycles. The molecule has 3 aromatic rings. The fourth-order valence-electron chi connectivity index (χ4n) is 4.29. The summed E-state index contributed by atoms with van der Waals surface area (Å²) in [6, 6.07) is 17.1. The van der Waals surface area contributed by atoms with Crippen LogP contribution in [0.2, 0.25) is 5.02 Å². The summed E-state index contributed by atoms with van der Waals surface area (Å²) >= 11 is 5.90. The van der Waals surface area contributed by atoms with Crippen LogP contribution in [0.3, 0.4) is 0 Å². The quantitative estimate of drug-likeness (QED) is 0.0835. The molecular weight excluding hydrogens is 510 g/mol. The summed E-state index contributed by atoms with van der Waals surface area (Å²) in [5.74, 6) is 0.677. The number of carbonyl (C=O) groups excluding carboxylic acids is 1. The van der Waals surface area contributed by atoms with Crippen molar-refractivity contribution in [3.8, 4) is 17.2 Å². The highest BCUT2D eigenvalue weighted by atomic mass is 35.5. The molecule has 0 aliphatic rings. The zero-order chi connectivity index (χ0) is 27.9. The van der Waals surface area contributed by atoms with Gasteiger partial charge < -0.3 is 14.6 Å². The first-order valence-electron chi connectivity index (χ1n) is 14.0.